The highest BCUT2D eigenvalue weighted by molar-refractivity contribution is 6.01. The molecule has 5 nitrogen and oxygen atoms in total. The maximum absolute atomic E-state index is 12.3. The van der Waals surface area contributed by atoms with Gasteiger partial charge in [-0.15, -0.1) is 0 Å². The summed E-state index contributed by atoms with van der Waals surface area (Å²) < 4.78 is 5.38. The van der Waals surface area contributed by atoms with Crippen molar-refractivity contribution in [1.82, 2.24) is 0 Å². The van der Waals surface area contributed by atoms with Crippen LogP contribution in [0, 0.1) is 5.92 Å². The highest BCUT2D eigenvalue weighted by Crippen LogP contribution is 2.23. The Morgan fingerprint density at radius 2 is 1.82 bits per heavy atom. The first-order chi connectivity index (χ1) is 13.1. The van der Waals surface area contributed by atoms with Gasteiger partial charge in [-0.2, -0.15) is 0 Å². The molecule has 0 aliphatic carbocycles. The highest BCUT2D eigenvalue weighted by Gasteiger charge is 2.18. The smallest absolute Gasteiger partial charge is 0.338 e. The molecule has 1 aromatic carbocycles. The van der Waals surface area contributed by atoms with Gasteiger partial charge in [-0.05, 0) is 43.4 Å². The Morgan fingerprint density at radius 3 is 2.29 bits per heavy atom. The second-order valence-electron chi connectivity index (χ2n) is 7.92. The fourth-order valence-electron chi connectivity index (χ4n) is 2.57. The van der Waals surface area contributed by atoms with Gasteiger partial charge in [-0.25, -0.2) is 9.59 Å². The molecule has 2 N–H and O–H groups in total. The van der Waals surface area contributed by atoms with Crippen LogP contribution in [-0.2, 0) is 19.7 Å². The monoisotopic (exact) mass is 387 g/mol. The molecule has 0 aliphatic rings. The third kappa shape index (κ3) is 7.22. The van der Waals surface area contributed by atoms with Crippen molar-refractivity contribution >= 4 is 17.6 Å². The van der Waals surface area contributed by atoms with Crippen molar-refractivity contribution in [3.63, 3.8) is 0 Å². The predicted octanol–water partition coefficient (Wildman–Crippen LogP) is 4.94. The quantitative estimate of drug-likeness (QED) is 0.356. The Morgan fingerprint density at radius 1 is 1.21 bits per heavy atom. The first-order valence-corrected chi connectivity index (χ1v) is 9.68. The number of rotatable bonds is 9. The van der Waals surface area contributed by atoms with Gasteiger partial charge in [0.1, 0.15) is 0 Å². The van der Waals surface area contributed by atoms with Crippen LogP contribution in [0.25, 0.3) is 0 Å². The molecule has 1 unspecified atom stereocenters. The third-order valence-corrected chi connectivity index (χ3v) is 4.65. The number of allylic oxidation sites excluding steroid dienone is 1. The zero-order chi connectivity index (χ0) is 21.3. The highest BCUT2D eigenvalue weighted by atomic mass is 16.5. The van der Waals surface area contributed by atoms with Crippen molar-refractivity contribution in [2.75, 3.05) is 18.5 Å². The number of hydrogen-bond acceptors (Lipinski definition) is 4. The van der Waals surface area contributed by atoms with Crippen LogP contribution < -0.4 is 5.32 Å². The number of carbonyl (C=O) groups is 2. The standard InChI is InChI=1S/C23H33NO4/c1-7-9-20(16(3)21(25)26)22(27)28-15-17(8-2)14-24-19-12-10-18(11-13-19)23(4,5)6/h7,9-13,17,24H,8,14-15H2,1-6H3,(H,25,26)/b9-7-,20-16-. The van der Waals surface area contributed by atoms with E-state index in [1.54, 1.807) is 13.0 Å². The number of ether oxygens (including phenoxy) is 1. The van der Waals surface area contributed by atoms with Gasteiger partial charge in [-0.3, -0.25) is 0 Å². The summed E-state index contributed by atoms with van der Waals surface area (Å²) in [6.07, 6.45) is 3.94. The molecule has 0 saturated heterocycles. The number of benzene rings is 1. The number of anilines is 1. The third-order valence-electron chi connectivity index (χ3n) is 4.65. The van der Waals surface area contributed by atoms with Crippen molar-refractivity contribution in [3.8, 4) is 0 Å². The Hall–Kier alpha value is -2.56. The van der Waals surface area contributed by atoms with E-state index in [2.05, 4.69) is 50.4 Å². The number of hydrogen-bond donors (Lipinski definition) is 2. The van der Waals surface area contributed by atoms with Gasteiger partial charge in [0, 0.05) is 23.7 Å². The van der Waals surface area contributed by atoms with Gasteiger partial charge in [0.05, 0.1) is 12.2 Å². The van der Waals surface area contributed by atoms with Gasteiger partial charge in [0.15, 0.2) is 0 Å². The SMILES string of the molecule is C/C=C\C(C(=O)OCC(CC)CNc1ccc(C(C)(C)C)cc1)=C(/C)C(=O)O. The summed E-state index contributed by atoms with van der Waals surface area (Å²) in [5.74, 6) is -1.60. The van der Waals surface area contributed by atoms with Gasteiger partial charge in [0.2, 0.25) is 0 Å². The van der Waals surface area contributed by atoms with Crippen LogP contribution in [0.2, 0.25) is 0 Å². The molecule has 1 aromatic rings. The number of carboxylic acids is 1. The molecule has 5 heteroatoms. The second-order valence-corrected chi connectivity index (χ2v) is 7.92. The molecule has 1 rings (SSSR count). The normalized spacial score (nSPS) is 13.8. The first kappa shape index (κ1) is 23.5. The van der Waals surface area contributed by atoms with Crippen molar-refractivity contribution in [2.24, 2.45) is 5.92 Å². The Kier molecular flexibility index (Phi) is 8.97. The summed E-state index contributed by atoms with van der Waals surface area (Å²) >= 11 is 0. The molecule has 0 bridgehead atoms. The topological polar surface area (TPSA) is 75.6 Å². The second kappa shape index (κ2) is 10.7. The zero-order valence-electron chi connectivity index (χ0n) is 17.8. The predicted molar refractivity (Wildman–Crippen MR) is 114 cm³/mol. The lowest BCUT2D eigenvalue weighted by molar-refractivity contribution is -0.141. The van der Waals surface area contributed by atoms with Crippen molar-refractivity contribution in [3.05, 3.63) is 53.1 Å². The number of carboxylic acid groups (broad SMARTS) is 1. The summed E-state index contributed by atoms with van der Waals surface area (Å²) in [4.78, 5) is 23.4. The number of esters is 1. The maximum Gasteiger partial charge on any atom is 0.338 e. The van der Waals surface area contributed by atoms with Crippen LogP contribution in [-0.4, -0.2) is 30.2 Å². The average molecular weight is 388 g/mol. The number of aliphatic carboxylic acids is 1. The van der Waals surface area contributed by atoms with Crippen LogP contribution in [0.1, 0.15) is 53.5 Å². The molecular weight excluding hydrogens is 354 g/mol. The average Bonchev–Trinajstić information content (AvgIpc) is 2.65. The number of carbonyl (C=O) groups excluding carboxylic acids is 1. The van der Waals surface area contributed by atoms with E-state index in [0.29, 0.717) is 6.54 Å². The van der Waals surface area contributed by atoms with Crippen molar-refractivity contribution in [2.45, 2.75) is 53.4 Å². The molecule has 0 heterocycles. The van der Waals surface area contributed by atoms with E-state index < -0.39 is 11.9 Å². The van der Waals surface area contributed by atoms with E-state index in [9.17, 15) is 9.59 Å². The van der Waals surface area contributed by atoms with E-state index >= 15 is 0 Å². The van der Waals surface area contributed by atoms with Crippen LogP contribution in [0.15, 0.2) is 47.6 Å². The Labute approximate surface area is 168 Å². The molecule has 0 amide bonds. The molecular formula is C23H33NO4. The van der Waals surface area contributed by atoms with Gasteiger partial charge in [0.25, 0.3) is 0 Å². The van der Waals surface area contributed by atoms with Gasteiger partial charge >= 0.3 is 11.9 Å². The van der Waals surface area contributed by atoms with Crippen LogP contribution in [0.4, 0.5) is 5.69 Å². The minimum Gasteiger partial charge on any atom is -0.478 e. The van der Waals surface area contributed by atoms with Crippen LogP contribution in [0.3, 0.4) is 0 Å². The van der Waals surface area contributed by atoms with Crippen molar-refractivity contribution < 1.29 is 19.4 Å². The maximum atomic E-state index is 12.3. The van der Waals surface area contributed by atoms with Gasteiger partial charge < -0.3 is 15.2 Å². The van der Waals surface area contributed by atoms with E-state index in [1.165, 1.54) is 18.6 Å². The fraction of sp³-hybridized carbons (Fsp3) is 0.478. The van der Waals surface area contributed by atoms with E-state index in [4.69, 9.17) is 9.84 Å². The lowest BCUT2D eigenvalue weighted by Crippen LogP contribution is -2.22. The summed E-state index contributed by atoms with van der Waals surface area (Å²) in [6, 6.07) is 8.35. The molecule has 0 aromatic heterocycles. The molecule has 0 saturated carbocycles. The lowest BCUT2D eigenvalue weighted by atomic mass is 9.87. The fourth-order valence-corrected chi connectivity index (χ4v) is 2.57. The number of nitrogens with one attached hydrogen (secondary N) is 1. The van der Waals surface area contributed by atoms with Crippen LogP contribution in [0.5, 0.6) is 0 Å². The van der Waals surface area contributed by atoms with Crippen LogP contribution >= 0.6 is 0 Å². The summed E-state index contributed by atoms with van der Waals surface area (Å²) in [5, 5.41) is 12.5. The zero-order valence-corrected chi connectivity index (χ0v) is 17.8. The van der Waals surface area contributed by atoms with E-state index in [0.717, 1.165) is 12.1 Å². The Balaban J connectivity index is 2.66. The summed E-state index contributed by atoms with van der Waals surface area (Å²) in [6.45, 7) is 12.6. The summed E-state index contributed by atoms with van der Waals surface area (Å²) in [7, 11) is 0. The molecule has 0 aliphatic heterocycles. The Bertz CT molecular complexity index is 724. The molecule has 0 spiro atoms. The first-order valence-electron chi connectivity index (χ1n) is 9.68. The molecule has 154 valence electrons. The van der Waals surface area contributed by atoms with Crippen molar-refractivity contribution in [1.29, 1.82) is 0 Å². The summed E-state index contributed by atoms with van der Waals surface area (Å²) in [5.41, 5.74) is 2.47. The minimum absolute atomic E-state index is 0.0202. The lowest BCUT2D eigenvalue weighted by Gasteiger charge is -2.20. The van der Waals surface area contributed by atoms with Gasteiger partial charge in [-0.1, -0.05) is 52.0 Å². The minimum atomic E-state index is -1.13. The molecule has 0 radical (unpaired) electrons. The van der Waals surface area contributed by atoms with E-state index in [1.807, 2.05) is 6.92 Å². The molecule has 1 atom stereocenters. The largest absolute Gasteiger partial charge is 0.478 e. The molecule has 28 heavy (non-hydrogen) atoms. The molecule has 0 fully saturated rings. The van der Waals surface area contributed by atoms with E-state index in [-0.39, 0.29) is 29.1 Å².